The van der Waals surface area contributed by atoms with E-state index in [0.29, 0.717) is 17.3 Å². The largest absolute Gasteiger partial charge is 0.497 e. The number of nitrogens with one attached hydrogen (secondary N) is 3. The van der Waals surface area contributed by atoms with Crippen LogP contribution in [0.1, 0.15) is 5.56 Å². The maximum Gasteiger partial charge on any atom is 0.241 e. The Balaban J connectivity index is 1.48. The maximum absolute atomic E-state index is 12.8. The lowest BCUT2D eigenvalue weighted by Gasteiger charge is -2.29. The standard InChI is InChI=1S/C20H22ClN3O5S2/c1-29-15-6-8-16(9-7-15)31(27,28)17-11-23-20(24-19(17)26)30-12-18(25)22-10-13-2-4-14(21)5-3-13/h2-9,17,20,23H,10-12H2,1H3,(H,22,25)(H,24,26). The summed E-state index contributed by atoms with van der Waals surface area (Å²) in [4.78, 5) is 24.6. The number of hydrogen-bond acceptors (Lipinski definition) is 7. The summed E-state index contributed by atoms with van der Waals surface area (Å²) < 4.78 is 30.6. The van der Waals surface area contributed by atoms with E-state index in [4.69, 9.17) is 16.3 Å². The van der Waals surface area contributed by atoms with Crippen molar-refractivity contribution in [2.75, 3.05) is 19.4 Å². The van der Waals surface area contributed by atoms with Crippen LogP contribution >= 0.6 is 23.4 Å². The molecule has 1 saturated heterocycles. The summed E-state index contributed by atoms with van der Waals surface area (Å²) in [5.41, 5.74) is 0.356. The van der Waals surface area contributed by atoms with E-state index in [-0.39, 0.29) is 23.1 Å². The fraction of sp³-hybridized carbons (Fsp3) is 0.300. The third kappa shape index (κ3) is 6.13. The highest BCUT2D eigenvalue weighted by Gasteiger charge is 2.38. The Labute approximate surface area is 190 Å². The highest BCUT2D eigenvalue weighted by atomic mass is 35.5. The summed E-state index contributed by atoms with van der Waals surface area (Å²) in [6, 6.07) is 13.0. The minimum Gasteiger partial charge on any atom is -0.497 e. The Morgan fingerprint density at radius 3 is 2.48 bits per heavy atom. The van der Waals surface area contributed by atoms with Gasteiger partial charge in [-0.2, -0.15) is 0 Å². The maximum atomic E-state index is 12.8. The summed E-state index contributed by atoms with van der Waals surface area (Å²) in [6.07, 6.45) is 0. The number of benzene rings is 2. The van der Waals surface area contributed by atoms with E-state index in [0.717, 1.165) is 5.56 Å². The lowest BCUT2D eigenvalue weighted by molar-refractivity contribution is -0.122. The van der Waals surface area contributed by atoms with Crippen molar-refractivity contribution in [2.45, 2.75) is 22.2 Å². The molecule has 3 N–H and O–H groups in total. The van der Waals surface area contributed by atoms with Gasteiger partial charge >= 0.3 is 0 Å². The molecule has 2 amide bonds. The van der Waals surface area contributed by atoms with Gasteiger partial charge in [0.25, 0.3) is 0 Å². The van der Waals surface area contributed by atoms with Crippen molar-refractivity contribution >= 4 is 45.0 Å². The van der Waals surface area contributed by atoms with Crippen LogP contribution in [0.4, 0.5) is 0 Å². The first-order valence-corrected chi connectivity index (χ1v) is 12.3. The van der Waals surface area contributed by atoms with E-state index in [1.165, 1.54) is 43.1 Å². The van der Waals surface area contributed by atoms with Gasteiger partial charge < -0.3 is 15.4 Å². The molecule has 1 heterocycles. The van der Waals surface area contributed by atoms with Crippen LogP contribution in [0, 0.1) is 0 Å². The van der Waals surface area contributed by atoms with E-state index >= 15 is 0 Å². The van der Waals surface area contributed by atoms with Crippen molar-refractivity contribution in [3.63, 3.8) is 0 Å². The van der Waals surface area contributed by atoms with Gasteiger partial charge in [-0.15, -0.1) is 11.8 Å². The number of rotatable bonds is 8. The summed E-state index contributed by atoms with van der Waals surface area (Å²) >= 11 is 7.01. The first kappa shape index (κ1) is 23.4. The van der Waals surface area contributed by atoms with Crippen LogP contribution in [-0.2, 0) is 26.0 Å². The van der Waals surface area contributed by atoms with Crippen LogP contribution < -0.4 is 20.7 Å². The first-order chi connectivity index (χ1) is 14.8. The van der Waals surface area contributed by atoms with Gasteiger partial charge in [-0.1, -0.05) is 23.7 Å². The van der Waals surface area contributed by atoms with Crippen LogP contribution in [-0.4, -0.2) is 50.4 Å². The van der Waals surface area contributed by atoms with E-state index in [1.54, 1.807) is 12.1 Å². The molecule has 31 heavy (non-hydrogen) atoms. The Morgan fingerprint density at radius 1 is 1.19 bits per heavy atom. The fourth-order valence-electron chi connectivity index (χ4n) is 2.87. The second kappa shape index (κ2) is 10.4. The second-order valence-electron chi connectivity index (χ2n) is 6.72. The van der Waals surface area contributed by atoms with Crippen molar-refractivity contribution < 1.29 is 22.7 Å². The molecule has 2 aromatic rings. The third-order valence-corrected chi connectivity index (χ3v) is 7.96. The van der Waals surface area contributed by atoms with Crippen molar-refractivity contribution in [1.82, 2.24) is 16.0 Å². The molecule has 0 bridgehead atoms. The topological polar surface area (TPSA) is 114 Å². The number of ether oxygens (including phenoxy) is 1. The van der Waals surface area contributed by atoms with Crippen LogP contribution in [0.15, 0.2) is 53.4 Å². The molecule has 0 aliphatic carbocycles. The number of hydrogen-bond donors (Lipinski definition) is 3. The Morgan fingerprint density at radius 2 is 1.87 bits per heavy atom. The SMILES string of the molecule is COc1ccc(S(=O)(=O)C2CNC(SCC(=O)NCc3ccc(Cl)cc3)NC2=O)cc1. The predicted molar refractivity (Wildman–Crippen MR) is 120 cm³/mol. The molecule has 1 aliphatic heterocycles. The summed E-state index contributed by atoms with van der Waals surface area (Å²) in [5.74, 6) is -0.185. The molecule has 3 rings (SSSR count). The molecule has 0 saturated carbocycles. The van der Waals surface area contributed by atoms with Gasteiger partial charge in [0.15, 0.2) is 15.1 Å². The van der Waals surface area contributed by atoms with Crippen LogP contribution in [0.3, 0.4) is 0 Å². The molecular weight excluding hydrogens is 462 g/mol. The number of methoxy groups -OCH3 is 1. The smallest absolute Gasteiger partial charge is 0.241 e. The van der Waals surface area contributed by atoms with Gasteiger partial charge in [-0.25, -0.2) is 8.42 Å². The lowest BCUT2D eigenvalue weighted by atomic mass is 10.2. The summed E-state index contributed by atoms with van der Waals surface area (Å²) in [5, 5.41) is 7.73. The Kier molecular flexibility index (Phi) is 7.82. The zero-order valence-electron chi connectivity index (χ0n) is 16.6. The second-order valence-corrected chi connectivity index (χ2v) is 10.4. The normalized spacial score (nSPS) is 18.8. The summed E-state index contributed by atoms with van der Waals surface area (Å²) in [7, 11) is -2.38. The monoisotopic (exact) mass is 483 g/mol. The molecule has 166 valence electrons. The molecular formula is C20H22ClN3O5S2. The molecule has 0 radical (unpaired) electrons. The van der Waals surface area contributed by atoms with Crippen molar-refractivity contribution in [3.8, 4) is 5.75 Å². The first-order valence-electron chi connectivity index (χ1n) is 9.34. The third-order valence-electron chi connectivity index (χ3n) is 4.60. The van der Waals surface area contributed by atoms with Gasteiger partial charge in [0.2, 0.25) is 11.8 Å². The van der Waals surface area contributed by atoms with Gasteiger partial charge in [0, 0.05) is 18.1 Å². The number of amides is 2. The zero-order valence-corrected chi connectivity index (χ0v) is 19.0. The minimum atomic E-state index is -3.86. The minimum absolute atomic E-state index is 0.0444. The molecule has 1 aliphatic rings. The molecule has 2 aromatic carbocycles. The number of sulfone groups is 1. The zero-order chi connectivity index (χ0) is 22.4. The number of carbonyl (C=O) groups is 2. The quantitative estimate of drug-likeness (QED) is 0.522. The lowest BCUT2D eigenvalue weighted by Crippen LogP contribution is -2.59. The van der Waals surface area contributed by atoms with Crippen molar-refractivity contribution in [2.24, 2.45) is 0 Å². The van der Waals surface area contributed by atoms with E-state index in [1.807, 2.05) is 12.1 Å². The number of carbonyl (C=O) groups excluding carboxylic acids is 2. The van der Waals surface area contributed by atoms with Crippen molar-refractivity contribution in [3.05, 3.63) is 59.1 Å². The fourth-order valence-corrected chi connectivity index (χ4v) is 5.34. The van der Waals surface area contributed by atoms with E-state index in [9.17, 15) is 18.0 Å². The van der Waals surface area contributed by atoms with Crippen LogP contribution in [0.5, 0.6) is 5.75 Å². The highest BCUT2D eigenvalue weighted by Crippen LogP contribution is 2.22. The summed E-state index contributed by atoms with van der Waals surface area (Å²) in [6.45, 7) is 0.313. The average Bonchev–Trinajstić information content (AvgIpc) is 2.77. The number of thioether (sulfide) groups is 1. The van der Waals surface area contributed by atoms with Crippen LogP contribution in [0.25, 0.3) is 0 Å². The molecule has 2 atom stereocenters. The van der Waals surface area contributed by atoms with Gasteiger partial charge in [-0.3, -0.25) is 14.9 Å². The molecule has 8 nitrogen and oxygen atoms in total. The molecule has 11 heteroatoms. The Hall–Kier alpha value is -2.27. The number of halogens is 1. The van der Waals surface area contributed by atoms with E-state index < -0.39 is 26.5 Å². The van der Waals surface area contributed by atoms with Gasteiger partial charge in [0.05, 0.1) is 17.8 Å². The van der Waals surface area contributed by atoms with Crippen molar-refractivity contribution in [1.29, 1.82) is 0 Å². The highest BCUT2D eigenvalue weighted by molar-refractivity contribution is 8.00. The average molecular weight is 484 g/mol. The molecule has 1 fully saturated rings. The molecule has 0 aromatic heterocycles. The van der Waals surface area contributed by atoms with Crippen LogP contribution in [0.2, 0.25) is 5.02 Å². The Bertz CT molecular complexity index is 1030. The van der Waals surface area contributed by atoms with Gasteiger partial charge in [0.1, 0.15) is 11.2 Å². The van der Waals surface area contributed by atoms with Gasteiger partial charge in [-0.05, 0) is 42.0 Å². The molecule has 0 spiro atoms. The van der Waals surface area contributed by atoms with E-state index in [2.05, 4.69) is 16.0 Å². The predicted octanol–water partition coefficient (Wildman–Crippen LogP) is 1.54. The molecule has 2 unspecified atom stereocenters.